The zero-order valence-corrected chi connectivity index (χ0v) is 15.9. The van der Waals surface area contributed by atoms with Crippen LogP contribution in [0.5, 0.6) is 5.75 Å². The second-order valence-corrected chi connectivity index (χ2v) is 6.55. The molecule has 0 fully saturated rings. The number of nitrogens with one attached hydrogen (secondary N) is 2. The van der Waals surface area contributed by atoms with Crippen LogP contribution in [-0.2, 0) is 4.79 Å². The van der Waals surface area contributed by atoms with Gasteiger partial charge >= 0.3 is 0 Å². The fraction of sp³-hybridized carbons (Fsp3) is 0.467. The molecule has 0 aromatic heterocycles. The normalized spacial score (nSPS) is 13.2. The molecule has 0 aliphatic heterocycles. The number of rotatable bonds is 6. The van der Waals surface area contributed by atoms with Gasteiger partial charge in [-0.15, -0.1) is 0 Å². The number of ether oxygens (including phenoxy) is 1. The molecule has 0 heterocycles. The molecule has 0 bridgehead atoms. The Bertz CT molecular complexity index is 566. The molecule has 2 atom stereocenters. The SMILES string of the molecule is CCC(C)NC(=O)C(C)NC(=O)c1cc(Cl)c(I)cc1OC. The number of hydrogen-bond acceptors (Lipinski definition) is 3. The van der Waals surface area contributed by atoms with E-state index in [1.165, 1.54) is 13.2 Å². The first-order valence-electron chi connectivity index (χ1n) is 6.94. The molecule has 1 rings (SSSR count). The third kappa shape index (κ3) is 5.01. The minimum atomic E-state index is -0.649. The first kappa shape index (κ1) is 19.0. The number of hydrogen-bond donors (Lipinski definition) is 2. The summed E-state index contributed by atoms with van der Waals surface area (Å²) in [5.74, 6) is -0.207. The summed E-state index contributed by atoms with van der Waals surface area (Å²) in [6.45, 7) is 5.53. The van der Waals surface area contributed by atoms with Crippen LogP contribution in [0.15, 0.2) is 12.1 Å². The van der Waals surface area contributed by atoms with Gasteiger partial charge in [-0.25, -0.2) is 0 Å². The third-order valence-corrected chi connectivity index (χ3v) is 4.75. The number of methoxy groups -OCH3 is 1. The van der Waals surface area contributed by atoms with Gasteiger partial charge in [0.15, 0.2) is 0 Å². The molecule has 1 aromatic carbocycles. The molecule has 2 N–H and O–H groups in total. The van der Waals surface area contributed by atoms with Crippen molar-refractivity contribution in [2.24, 2.45) is 0 Å². The average Bonchev–Trinajstić information content (AvgIpc) is 2.48. The Labute approximate surface area is 149 Å². The van der Waals surface area contributed by atoms with E-state index >= 15 is 0 Å². The van der Waals surface area contributed by atoms with Crippen molar-refractivity contribution in [3.63, 3.8) is 0 Å². The van der Waals surface area contributed by atoms with Crippen molar-refractivity contribution >= 4 is 46.0 Å². The van der Waals surface area contributed by atoms with Crippen molar-refractivity contribution in [3.8, 4) is 5.75 Å². The summed E-state index contributed by atoms with van der Waals surface area (Å²) in [6.07, 6.45) is 0.826. The van der Waals surface area contributed by atoms with E-state index < -0.39 is 11.9 Å². The van der Waals surface area contributed by atoms with E-state index in [2.05, 4.69) is 33.2 Å². The Morgan fingerprint density at radius 1 is 1.32 bits per heavy atom. The maximum atomic E-state index is 12.3. The number of benzene rings is 1. The highest BCUT2D eigenvalue weighted by Crippen LogP contribution is 2.28. The minimum absolute atomic E-state index is 0.0640. The molecule has 0 saturated heterocycles. The monoisotopic (exact) mass is 438 g/mol. The molecular formula is C15H20ClIN2O3. The molecule has 2 amide bonds. The van der Waals surface area contributed by atoms with E-state index in [9.17, 15) is 9.59 Å². The third-order valence-electron chi connectivity index (χ3n) is 3.23. The van der Waals surface area contributed by atoms with Gasteiger partial charge in [-0.3, -0.25) is 9.59 Å². The Morgan fingerprint density at radius 2 is 1.95 bits per heavy atom. The largest absolute Gasteiger partial charge is 0.496 e. The topological polar surface area (TPSA) is 67.4 Å². The van der Waals surface area contributed by atoms with Gasteiger partial charge in [-0.2, -0.15) is 0 Å². The summed E-state index contributed by atoms with van der Waals surface area (Å²) >= 11 is 8.11. The van der Waals surface area contributed by atoms with E-state index in [-0.39, 0.29) is 11.9 Å². The number of amides is 2. The molecule has 2 unspecified atom stereocenters. The fourth-order valence-electron chi connectivity index (χ4n) is 1.68. The summed E-state index contributed by atoms with van der Waals surface area (Å²) in [5, 5.41) is 5.94. The minimum Gasteiger partial charge on any atom is -0.496 e. The predicted molar refractivity (Wildman–Crippen MR) is 95.5 cm³/mol. The van der Waals surface area contributed by atoms with Crippen LogP contribution in [0.1, 0.15) is 37.6 Å². The molecular weight excluding hydrogens is 419 g/mol. The quantitative estimate of drug-likeness (QED) is 0.671. The zero-order chi connectivity index (χ0) is 16.9. The molecule has 22 heavy (non-hydrogen) atoms. The van der Waals surface area contributed by atoms with Crippen molar-refractivity contribution in [2.75, 3.05) is 7.11 Å². The summed E-state index contributed by atoms with van der Waals surface area (Å²) in [5.41, 5.74) is 0.302. The van der Waals surface area contributed by atoms with Gasteiger partial charge < -0.3 is 15.4 Å². The molecule has 0 radical (unpaired) electrons. The second kappa shape index (κ2) is 8.57. The maximum Gasteiger partial charge on any atom is 0.255 e. The lowest BCUT2D eigenvalue weighted by molar-refractivity contribution is -0.123. The van der Waals surface area contributed by atoms with Crippen LogP contribution in [0.3, 0.4) is 0 Å². The summed E-state index contributed by atoms with van der Waals surface area (Å²) in [7, 11) is 1.48. The first-order chi connectivity index (χ1) is 10.3. The highest BCUT2D eigenvalue weighted by Gasteiger charge is 2.21. The standard InChI is InChI=1S/C15H20ClIN2O3/c1-5-8(2)18-14(20)9(3)19-15(21)10-6-11(16)12(17)7-13(10)22-4/h6-9H,5H2,1-4H3,(H,18,20)(H,19,21). The Balaban J connectivity index is 2.85. The number of carbonyl (C=O) groups is 2. The van der Waals surface area contributed by atoms with Crippen LogP contribution in [-0.4, -0.2) is 31.0 Å². The second-order valence-electron chi connectivity index (χ2n) is 4.98. The van der Waals surface area contributed by atoms with Crippen LogP contribution in [0.2, 0.25) is 5.02 Å². The molecule has 7 heteroatoms. The smallest absolute Gasteiger partial charge is 0.255 e. The zero-order valence-electron chi connectivity index (χ0n) is 13.0. The molecule has 5 nitrogen and oxygen atoms in total. The van der Waals surface area contributed by atoms with Crippen molar-refractivity contribution in [3.05, 3.63) is 26.3 Å². The number of halogens is 2. The van der Waals surface area contributed by atoms with Crippen LogP contribution in [0, 0.1) is 3.57 Å². The lowest BCUT2D eigenvalue weighted by Gasteiger charge is -2.18. The maximum absolute atomic E-state index is 12.3. The van der Waals surface area contributed by atoms with Gasteiger partial charge in [0, 0.05) is 9.61 Å². The van der Waals surface area contributed by atoms with E-state index in [0.717, 1.165) is 9.99 Å². The Kier molecular flexibility index (Phi) is 7.41. The first-order valence-corrected chi connectivity index (χ1v) is 8.40. The van der Waals surface area contributed by atoms with Crippen molar-refractivity contribution in [2.45, 2.75) is 39.3 Å². The molecule has 0 saturated carbocycles. The Hall–Kier alpha value is -1.02. The van der Waals surface area contributed by atoms with E-state index in [1.54, 1.807) is 13.0 Å². The van der Waals surface area contributed by atoms with Crippen molar-refractivity contribution < 1.29 is 14.3 Å². The molecule has 1 aromatic rings. The van der Waals surface area contributed by atoms with Crippen LogP contribution < -0.4 is 15.4 Å². The van der Waals surface area contributed by atoms with Gasteiger partial charge in [0.05, 0.1) is 17.7 Å². The van der Waals surface area contributed by atoms with Crippen LogP contribution >= 0.6 is 34.2 Å². The molecule has 122 valence electrons. The van der Waals surface area contributed by atoms with E-state index in [4.69, 9.17) is 16.3 Å². The van der Waals surface area contributed by atoms with E-state index in [1.807, 2.05) is 13.8 Å². The summed E-state index contributed by atoms with van der Waals surface area (Å²) in [4.78, 5) is 24.3. The van der Waals surface area contributed by atoms with E-state index in [0.29, 0.717) is 16.3 Å². The molecule has 0 aliphatic rings. The molecule has 0 aliphatic carbocycles. The van der Waals surface area contributed by atoms with Crippen molar-refractivity contribution in [1.29, 1.82) is 0 Å². The van der Waals surface area contributed by atoms with Gasteiger partial charge in [0.25, 0.3) is 5.91 Å². The van der Waals surface area contributed by atoms with Gasteiger partial charge in [0.2, 0.25) is 5.91 Å². The summed E-state index contributed by atoms with van der Waals surface area (Å²) < 4.78 is 5.99. The van der Waals surface area contributed by atoms with Gasteiger partial charge in [-0.1, -0.05) is 18.5 Å². The fourth-order valence-corrected chi connectivity index (χ4v) is 2.29. The highest BCUT2D eigenvalue weighted by molar-refractivity contribution is 14.1. The van der Waals surface area contributed by atoms with Gasteiger partial charge in [-0.05, 0) is 55.0 Å². The lowest BCUT2D eigenvalue weighted by Crippen LogP contribution is -2.47. The molecule has 0 spiro atoms. The highest BCUT2D eigenvalue weighted by atomic mass is 127. The number of carbonyl (C=O) groups excluding carboxylic acids is 2. The van der Waals surface area contributed by atoms with Crippen LogP contribution in [0.25, 0.3) is 0 Å². The van der Waals surface area contributed by atoms with Crippen molar-refractivity contribution in [1.82, 2.24) is 10.6 Å². The summed E-state index contributed by atoms with van der Waals surface area (Å²) in [6, 6.07) is 2.64. The van der Waals surface area contributed by atoms with Crippen LogP contribution in [0.4, 0.5) is 0 Å². The lowest BCUT2D eigenvalue weighted by atomic mass is 10.1. The van der Waals surface area contributed by atoms with Gasteiger partial charge in [0.1, 0.15) is 11.8 Å². The predicted octanol–water partition coefficient (Wildman–Crippen LogP) is 2.99. The Morgan fingerprint density at radius 3 is 2.50 bits per heavy atom. The average molecular weight is 439 g/mol.